The number of carbonyl (C=O) groups excluding carboxylic acids is 1. The van der Waals surface area contributed by atoms with E-state index in [1.54, 1.807) is 0 Å². The van der Waals surface area contributed by atoms with Crippen LogP contribution in [0.3, 0.4) is 0 Å². The largest absolute Gasteiger partial charge is 0.378 e. The highest BCUT2D eigenvalue weighted by Gasteiger charge is 2.08. The Bertz CT molecular complexity index is 574. The zero-order chi connectivity index (χ0) is 14.0. The highest BCUT2D eigenvalue weighted by atomic mass is 16.1. The van der Waals surface area contributed by atoms with Gasteiger partial charge in [-0.1, -0.05) is 24.3 Å². The zero-order valence-corrected chi connectivity index (χ0v) is 11.9. The van der Waals surface area contributed by atoms with Gasteiger partial charge in [0.15, 0.2) is 0 Å². The third kappa shape index (κ3) is 2.68. The molecule has 0 atom stereocenters. The molecule has 2 aromatic carbocycles. The molecule has 0 fully saturated rings. The van der Waals surface area contributed by atoms with Gasteiger partial charge in [0, 0.05) is 25.3 Å². The molecule has 2 nitrogen and oxygen atoms in total. The molecule has 0 aliphatic carbocycles. The summed E-state index contributed by atoms with van der Waals surface area (Å²) in [5, 5.41) is 0. The molecule has 98 valence electrons. The summed E-state index contributed by atoms with van der Waals surface area (Å²) in [6.07, 6.45) is 0.874. The van der Waals surface area contributed by atoms with Crippen LogP contribution in [-0.2, 0) is 0 Å². The van der Waals surface area contributed by atoms with Crippen molar-refractivity contribution in [2.24, 2.45) is 0 Å². The fourth-order valence-electron chi connectivity index (χ4n) is 2.38. The maximum absolute atomic E-state index is 10.7. The van der Waals surface area contributed by atoms with E-state index in [0.29, 0.717) is 5.56 Å². The first-order valence-corrected chi connectivity index (χ1v) is 6.37. The van der Waals surface area contributed by atoms with Crippen LogP contribution < -0.4 is 4.90 Å². The Kier molecular flexibility index (Phi) is 3.70. The Morgan fingerprint density at radius 3 is 1.89 bits per heavy atom. The minimum atomic E-state index is 0.712. The molecular formula is C17H19NO. The predicted molar refractivity (Wildman–Crippen MR) is 81.1 cm³/mol. The SMILES string of the molecule is Cc1cc(N(C)C)cc(C)c1-c1ccc(C=O)cc1. The number of aryl methyl sites for hydroxylation is 2. The van der Waals surface area contributed by atoms with Crippen LogP contribution in [0, 0.1) is 13.8 Å². The molecule has 19 heavy (non-hydrogen) atoms. The van der Waals surface area contributed by atoms with E-state index in [4.69, 9.17) is 0 Å². The lowest BCUT2D eigenvalue weighted by molar-refractivity contribution is 0.112. The minimum absolute atomic E-state index is 0.712. The Morgan fingerprint density at radius 1 is 0.947 bits per heavy atom. The third-order valence-electron chi connectivity index (χ3n) is 3.37. The van der Waals surface area contributed by atoms with Gasteiger partial charge in [-0.25, -0.2) is 0 Å². The van der Waals surface area contributed by atoms with Crippen molar-refractivity contribution in [3.63, 3.8) is 0 Å². The van der Waals surface area contributed by atoms with Crippen molar-refractivity contribution in [2.45, 2.75) is 13.8 Å². The predicted octanol–water partition coefficient (Wildman–Crippen LogP) is 3.85. The van der Waals surface area contributed by atoms with E-state index in [0.717, 1.165) is 11.8 Å². The molecule has 0 radical (unpaired) electrons. The van der Waals surface area contributed by atoms with E-state index in [1.807, 2.05) is 38.4 Å². The van der Waals surface area contributed by atoms with Crippen LogP contribution in [0.15, 0.2) is 36.4 Å². The second-order valence-electron chi connectivity index (χ2n) is 5.09. The molecule has 0 spiro atoms. The fourth-order valence-corrected chi connectivity index (χ4v) is 2.38. The van der Waals surface area contributed by atoms with Crippen molar-refractivity contribution < 1.29 is 4.79 Å². The molecule has 0 N–H and O–H groups in total. The zero-order valence-electron chi connectivity index (χ0n) is 11.9. The normalized spacial score (nSPS) is 10.3. The second kappa shape index (κ2) is 5.27. The number of hydrogen-bond donors (Lipinski definition) is 0. The monoisotopic (exact) mass is 253 g/mol. The number of nitrogens with zero attached hydrogens (tertiary/aromatic N) is 1. The molecule has 0 saturated carbocycles. The highest BCUT2D eigenvalue weighted by molar-refractivity contribution is 5.79. The second-order valence-corrected chi connectivity index (χ2v) is 5.09. The Labute approximate surface area is 114 Å². The van der Waals surface area contributed by atoms with Crippen molar-refractivity contribution in [3.8, 4) is 11.1 Å². The van der Waals surface area contributed by atoms with Gasteiger partial charge >= 0.3 is 0 Å². The van der Waals surface area contributed by atoms with Crippen LogP contribution in [0.4, 0.5) is 5.69 Å². The molecule has 2 aromatic rings. The summed E-state index contributed by atoms with van der Waals surface area (Å²) in [4.78, 5) is 12.8. The Balaban J connectivity index is 2.52. The van der Waals surface area contributed by atoms with Crippen LogP contribution in [0.5, 0.6) is 0 Å². The van der Waals surface area contributed by atoms with Gasteiger partial charge in [-0.2, -0.15) is 0 Å². The first-order valence-electron chi connectivity index (χ1n) is 6.37. The lowest BCUT2D eigenvalue weighted by Gasteiger charge is -2.18. The van der Waals surface area contributed by atoms with Crippen LogP contribution >= 0.6 is 0 Å². The number of aldehydes is 1. The highest BCUT2D eigenvalue weighted by Crippen LogP contribution is 2.30. The molecule has 0 aromatic heterocycles. The lowest BCUT2D eigenvalue weighted by Crippen LogP contribution is -2.09. The van der Waals surface area contributed by atoms with E-state index in [9.17, 15) is 4.79 Å². The maximum atomic E-state index is 10.7. The van der Waals surface area contributed by atoms with Crippen LogP contribution in [0.25, 0.3) is 11.1 Å². The minimum Gasteiger partial charge on any atom is -0.378 e. The summed E-state index contributed by atoms with van der Waals surface area (Å²) in [7, 11) is 4.10. The molecule has 0 bridgehead atoms. The first-order chi connectivity index (χ1) is 9.02. The fraction of sp³-hybridized carbons (Fsp3) is 0.235. The van der Waals surface area contributed by atoms with Gasteiger partial charge in [0.25, 0.3) is 0 Å². The summed E-state index contributed by atoms with van der Waals surface area (Å²) >= 11 is 0. The van der Waals surface area contributed by atoms with Gasteiger partial charge in [-0.3, -0.25) is 4.79 Å². The van der Waals surface area contributed by atoms with Crippen molar-refractivity contribution in [3.05, 3.63) is 53.1 Å². The molecule has 0 amide bonds. The van der Waals surface area contributed by atoms with Crippen molar-refractivity contribution in [1.29, 1.82) is 0 Å². The molecule has 0 aliphatic heterocycles. The summed E-state index contributed by atoms with van der Waals surface area (Å²) in [5.74, 6) is 0. The van der Waals surface area contributed by atoms with Crippen LogP contribution in [-0.4, -0.2) is 20.4 Å². The molecule has 2 heteroatoms. The summed E-state index contributed by atoms with van der Waals surface area (Å²) < 4.78 is 0. The Hall–Kier alpha value is -2.09. The number of hydrogen-bond acceptors (Lipinski definition) is 2. The van der Waals surface area contributed by atoms with E-state index < -0.39 is 0 Å². The van der Waals surface area contributed by atoms with E-state index >= 15 is 0 Å². The molecule has 0 heterocycles. The van der Waals surface area contributed by atoms with Gasteiger partial charge in [-0.15, -0.1) is 0 Å². The number of carbonyl (C=O) groups is 1. The Morgan fingerprint density at radius 2 is 1.47 bits per heavy atom. The van der Waals surface area contributed by atoms with Crippen molar-refractivity contribution in [1.82, 2.24) is 0 Å². The van der Waals surface area contributed by atoms with E-state index in [-0.39, 0.29) is 0 Å². The van der Waals surface area contributed by atoms with Crippen LogP contribution in [0.2, 0.25) is 0 Å². The number of benzene rings is 2. The summed E-state index contributed by atoms with van der Waals surface area (Å²) in [6.45, 7) is 4.26. The molecule has 0 saturated heterocycles. The standard InChI is InChI=1S/C17H19NO/c1-12-9-16(18(3)4)10-13(2)17(12)15-7-5-14(11-19)6-8-15/h5-11H,1-4H3. The van der Waals surface area contributed by atoms with E-state index in [1.165, 1.54) is 22.4 Å². The molecule has 0 unspecified atom stereocenters. The summed E-state index contributed by atoms with van der Waals surface area (Å²) in [6, 6.07) is 12.1. The quantitative estimate of drug-likeness (QED) is 0.774. The van der Waals surface area contributed by atoms with Crippen LogP contribution in [0.1, 0.15) is 21.5 Å². The molecule has 0 aliphatic rings. The molecule has 2 rings (SSSR count). The number of anilines is 1. The van der Waals surface area contributed by atoms with Crippen molar-refractivity contribution >= 4 is 12.0 Å². The van der Waals surface area contributed by atoms with Crippen molar-refractivity contribution in [2.75, 3.05) is 19.0 Å². The maximum Gasteiger partial charge on any atom is 0.150 e. The van der Waals surface area contributed by atoms with Gasteiger partial charge in [0.1, 0.15) is 6.29 Å². The number of rotatable bonds is 3. The van der Waals surface area contributed by atoms with Gasteiger partial charge in [-0.05, 0) is 48.2 Å². The average molecular weight is 253 g/mol. The van der Waals surface area contributed by atoms with E-state index in [2.05, 4.69) is 30.9 Å². The summed E-state index contributed by atoms with van der Waals surface area (Å²) in [5.41, 5.74) is 6.84. The van der Waals surface area contributed by atoms with Gasteiger partial charge in [0.2, 0.25) is 0 Å². The lowest BCUT2D eigenvalue weighted by atomic mass is 9.94. The first kappa shape index (κ1) is 13.3. The topological polar surface area (TPSA) is 20.3 Å². The third-order valence-corrected chi connectivity index (χ3v) is 3.37. The van der Waals surface area contributed by atoms with Gasteiger partial charge < -0.3 is 4.90 Å². The average Bonchev–Trinajstić information content (AvgIpc) is 2.38. The van der Waals surface area contributed by atoms with Gasteiger partial charge in [0.05, 0.1) is 0 Å². The smallest absolute Gasteiger partial charge is 0.150 e. The molecular weight excluding hydrogens is 234 g/mol.